The van der Waals surface area contributed by atoms with Crippen LogP contribution in [0.2, 0.25) is 0 Å². The molecule has 1 amide bonds. The number of nitrogens with two attached hydrogens (primary N) is 1. The Labute approximate surface area is 98.1 Å². The van der Waals surface area contributed by atoms with Crippen LogP contribution in [0.1, 0.15) is 13.3 Å². The van der Waals surface area contributed by atoms with Gasteiger partial charge in [0.1, 0.15) is 12.4 Å². The lowest BCUT2D eigenvalue weighted by Crippen LogP contribution is -2.43. The van der Waals surface area contributed by atoms with Crippen LogP contribution in [0.3, 0.4) is 0 Å². The number of rotatable bonds is 3. The molecule has 1 unspecified atom stereocenters. The first-order valence-corrected chi connectivity index (χ1v) is 5.00. The van der Waals surface area contributed by atoms with Crippen LogP contribution in [0, 0.1) is 16.7 Å². The molecule has 0 aliphatic carbocycles. The van der Waals surface area contributed by atoms with Crippen LogP contribution in [0.5, 0.6) is 0 Å². The minimum Gasteiger partial charge on any atom is -0.495 e. The summed E-state index contributed by atoms with van der Waals surface area (Å²) < 4.78 is 9.81. The van der Waals surface area contributed by atoms with E-state index in [0.717, 1.165) is 6.08 Å². The Morgan fingerprint density at radius 2 is 2.47 bits per heavy atom. The molecule has 0 aromatic rings. The minimum absolute atomic E-state index is 0.00531. The largest absolute Gasteiger partial charge is 0.495 e. The van der Waals surface area contributed by atoms with Crippen molar-refractivity contribution in [3.63, 3.8) is 0 Å². The molecule has 0 saturated carbocycles. The minimum atomic E-state index is -1.37. The molecule has 1 aliphatic rings. The second-order valence-electron chi connectivity index (χ2n) is 3.50. The Hall–Kier alpha value is -2.07. The van der Waals surface area contributed by atoms with Crippen molar-refractivity contribution in [2.45, 2.75) is 13.3 Å². The summed E-state index contributed by atoms with van der Waals surface area (Å²) >= 11 is 0. The predicted octanol–water partition coefficient (Wildman–Crippen LogP) is -0.646. The molecular formula is C10H13N3O4. The maximum absolute atomic E-state index is 11.4. The van der Waals surface area contributed by atoms with Crippen LogP contribution in [0.25, 0.3) is 0 Å². The third-order valence-electron chi connectivity index (χ3n) is 2.33. The lowest BCUT2D eigenvalue weighted by atomic mass is 9.87. The fourth-order valence-corrected chi connectivity index (χ4v) is 1.43. The maximum atomic E-state index is 11.4. The van der Waals surface area contributed by atoms with Crippen LogP contribution in [-0.2, 0) is 19.1 Å². The highest BCUT2D eigenvalue weighted by Gasteiger charge is 2.45. The Balaban J connectivity index is 2.78. The summed E-state index contributed by atoms with van der Waals surface area (Å²) in [4.78, 5) is 22.6. The average molecular weight is 239 g/mol. The monoisotopic (exact) mass is 239 g/mol. The molecule has 1 saturated heterocycles. The molecule has 7 heteroatoms. The standard InChI is InChI=1S/C10H13N3O4/c1-2-16-8(14)3-7-4-10(5-11,6-17-7)9(15)13-12/h3H,2,4,6,12H2,1H3,(H,13,15)/b7-3+. The quantitative estimate of drug-likeness (QED) is 0.222. The first kappa shape index (κ1) is 13.0. The highest BCUT2D eigenvalue weighted by atomic mass is 16.5. The van der Waals surface area contributed by atoms with E-state index in [9.17, 15) is 9.59 Å². The fourth-order valence-electron chi connectivity index (χ4n) is 1.43. The Morgan fingerprint density at radius 1 is 1.76 bits per heavy atom. The average Bonchev–Trinajstić information content (AvgIpc) is 2.73. The zero-order chi connectivity index (χ0) is 12.9. The number of amides is 1. The van der Waals surface area contributed by atoms with Gasteiger partial charge in [-0.05, 0) is 6.92 Å². The number of nitrogens with one attached hydrogen (secondary N) is 1. The summed E-state index contributed by atoms with van der Waals surface area (Å²) in [5, 5.41) is 8.98. The van der Waals surface area contributed by atoms with Gasteiger partial charge in [0.25, 0.3) is 5.91 Å². The number of hydrazine groups is 1. The van der Waals surface area contributed by atoms with Gasteiger partial charge < -0.3 is 9.47 Å². The molecule has 1 atom stereocenters. The highest BCUT2D eigenvalue weighted by Crippen LogP contribution is 2.34. The van der Waals surface area contributed by atoms with E-state index in [-0.39, 0.29) is 25.4 Å². The van der Waals surface area contributed by atoms with E-state index < -0.39 is 17.3 Å². The normalized spacial score (nSPS) is 24.9. The summed E-state index contributed by atoms with van der Waals surface area (Å²) in [6.07, 6.45) is 1.14. The van der Waals surface area contributed by atoms with Crippen molar-refractivity contribution in [2.75, 3.05) is 13.2 Å². The van der Waals surface area contributed by atoms with Crippen LogP contribution < -0.4 is 11.3 Å². The van der Waals surface area contributed by atoms with Crippen LogP contribution in [0.4, 0.5) is 0 Å². The second kappa shape index (κ2) is 5.32. The summed E-state index contributed by atoms with van der Waals surface area (Å²) in [6, 6.07) is 1.85. The molecule has 0 bridgehead atoms. The number of carbonyl (C=O) groups is 2. The van der Waals surface area contributed by atoms with Crippen LogP contribution in [0.15, 0.2) is 11.8 Å². The Morgan fingerprint density at radius 3 is 3.00 bits per heavy atom. The third kappa shape index (κ3) is 2.73. The number of ether oxygens (including phenoxy) is 2. The number of carbonyl (C=O) groups excluding carboxylic acids is 2. The van der Waals surface area contributed by atoms with Crippen molar-refractivity contribution in [3.8, 4) is 6.07 Å². The van der Waals surface area contributed by atoms with Gasteiger partial charge in [-0.3, -0.25) is 10.2 Å². The van der Waals surface area contributed by atoms with E-state index in [4.69, 9.17) is 15.8 Å². The molecule has 0 aromatic heterocycles. The molecule has 0 radical (unpaired) electrons. The zero-order valence-electron chi connectivity index (χ0n) is 9.36. The van der Waals surface area contributed by atoms with Crippen molar-refractivity contribution in [1.29, 1.82) is 5.26 Å². The van der Waals surface area contributed by atoms with E-state index in [1.165, 1.54) is 0 Å². The molecular weight excluding hydrogens is 226 g/mol. The summed E-state index contributed by atoms with van der Waals surface area (Å²) in [6.45, 7) is 1.79. The first-order valence-electron chi connectivity index (χ1n) is 5.00. The smallest absolute Gasteiger partial charge is 0.334 e. The van der Waals surface area contributed by atoms with Gasteiger partial charge in [-0.2, -0.15) is 5.26 Å². The second-order valence-corrected chi connectivity index (χ2v) is 3.50. The van der Waals surface area contributed by atoms with Crippen molar-refractivity contribution in [2.24, 2.45) is 11.3 Å². The molecule has 0 aromatic carbocycles. The van der Waals surface area contributed by atoms with Gasteiger partial charge in [0.05, 0.1) is 18.8 Å². The first-order chi connectivity index (χ1) is 8.07. The molecule has 92 valence electrons. The van der Waals surface area contributed by atoms with Gasteiger partial charge in [0, 0.05) is 6.42 Å². The van der Waals surface area contributed by atoms with E-state index >= 15 is 0 Å². The van der Waals surface area contributed by atoms with Crippen LogP contribution in [-0.4, -0.2) is 25.1 Å². The Kier molecular flexibility index (Phi) is 4.06. The van der Waals surface area contributed by atoms with Gasteiger partial charge in [0.15, 0.2) is 5.41 Å². The zero-order valence-corrected chi connectivity index (χ0v) is 9.36. The van der Waals surface area contributed by atoms with Gasteiger partial charge in [-0.25, -0.2) is 10.6 Å². The molecule has 1 aliphatic heterocycles. The van der Waals surface area contributed by atoms with E-state index in [1.54, 1.807) is 6.92 Å². The van der Waals surface area contributed by atoms with Crippen molar-refractivity contribution in [3.05, 3.63) is 11.8 Å². The number of hydrogen-bond acceptors (Lipinski definition) is 6. The van der Waals surface area contributed by atoms with Crippen molar-refractivity contribution in [1.82, 2.24) is 5.43 Å². The number of esters is 1. The maximum Gasteiger partial charge on any atom is 0.334 e. The van der Waals surface area contributed by atoms with Crippen molar-refractivity contribution < 1.29 is 19.1 Å². The lowest BCUT2D eigenvalue weighted by Gasteiger charge is -2.13. The fraction of sp³-hybridized carbons (Fsp3) is 0.500. The van der Waals surface area contributed by atoms with Crippen molar-refractivity contribution >= 4 is 11.9 Å². The molecule has 7 nitrogen and oxygen atoms in total. The van der Waals surface area contributed by atoms with E-state index in [0.29, 0.717) is 0 Å². The van der Waals surface area contributed by atoms with E-state index in [1.807, 2.05) is 11.5 Å². The lowest BCUT2D eigenvalue weighted by molar-refractivity contribution is -0.137. The highest BCUT2D eigenvalue weighted by molar-refractivity contribution is 5.87. The summed E-state index contributed by atoms with van der Waals surface area (Å²) in [5.74, 6) is 4.04. The summed E-state index contributed by atoms with van der Waals surface area (Å²) in [5.41, 5.74) is 0.545. The molecule has 1 heterocycles. The molecule has 1 fully saturated rings. The molecule has 17 heavy (non-hydrogen) atoms. The Bertz CT molecular complexity index is 399. The van der Waals surface area contributed by atoms with Gasteiger partial charge in [-0.15, -0.1) is 0 Å². The number of allylic oxidation sites excluding steroid dienone is 1. The number of nitrogens with zero attached hydrogens (tertiary/aromatic N) is 1. The van der Waals surface area contributed by atoms with Gasteiger partial charge >= 0.3 is 5.97 Å². The molecule has 3 N–H and O–H groups in total. The number of hydrogen-bond donors (Lipinski definition) is 2. The topological polar surface area (TPSA) is 114 Å². The predicted molar refractivity (Wildman–Crippen MR) is 55.7 cm³/mol. The molecule has 0 spiro atoms. The SMILES string of the molecule is CCOC(=O)/C=C1\CC(C#N)(C(=O)NN)CO1. The van der Waals surface area contributed by atoms with Gasteiger partial charge in [-0.1, -0.05) is 0 Å². The van der Waals surface area contributed by atoms with Crippen LogP contribution >= 0.6 is 0 Å². The van der Waals surface area contributed by atoms with Gasteiger partial charge in [0.2, 0.25) is 0 Å². The third-order valence-corrected chi connectivity index (χ3v) is 2.33. The molecule has 1 rings (SSSR count). The summed E-state index contributed by atoms with van der Waals surface area (Å²) in [7, 11) is 0. The van der Waals surface area contributed by atoms with E-state index in [2.05, 4.69) is 4.74 Å². The number of nitriles is 1.